The van der Waals surface area contributed by atoms with Gasteiger partial charge in [-0.2, -0.15) is 0 Å². The minimum atomic E-state index is -0.411. The van der Waals surface area contributed by atoms with Crippen molar-refractivity contribution in [3.8, 4) is 0 Å². The van der Waals surface area contributed by atoms with Gasteiger partial charge in [0.15, 0.2) is 5.82 Å². The van der Waals surface area contributed by atoms with Gasteiger partial charge in [-0.25, -0.2) is 4.68 Å². The molecular formula is C10H11N5O2S. The summed E-state index contributed by atoms with van der Waals surface area (Å²) in [7, 11) is 0. The monoisotopic (exact) mass is 265 g/mol. The summed E-state index contributed by atoms with van der Waals surface area (Å²) in [5.74, 6) is 1.43. The first kappa shape index (κ1) is 12.5. The Labute approximate surface area is 107 Å². The average molecular weight is 265 g/mol. The smallest absolute Gasteiger partial charge is 0.258 e. The SMILES string of the molecule is CCn1nnnc1CSc1ccc([N+](=O)[O-])cc1. The van der Waals surface area contributed by atoms with Gasteiger partial charge >= 0.3 is 0 Å². The highest BCUT2D eigenvalue weighted by atomic mass is 32.2. The summed E-state index contributed by atoms with van der Waals surface area (Å²) in [5.41, 5.74) is 0.0951. The first-order valence-electron chi connectivity index (χ1n) is 5.33. The summed E-state index contributed by atoms with van der Waals surface area (Å²) in [6.07, 6.45) is 0. The van der Waals surface area contributed by atoms with E-state index in [1.54, 1.807) is 28.6 Å². The quantitative estimate of drug-likeness (QED) is 0.466. The number of hydrogen-bond donors (Lipinski definition) is 0. The maximum absolute atomic E-state index is 10.5. The van der Waals surface area contributed by atoms with Crippen molar-refractivity contribution in [1.82, 2.24) is 20.2 Å². The van der Waals surface area contributed by atoms with Crippen molar-refractivity contribution < 1.29 is 4.92 Å². The van der Waals surface area contributed by atoms with E-state index in [4.69, 9.17) is 0 Å². The van der Waals surface area contributed by atoms with E-state index in [2.05, 4.69) is 15.5 Å². The third-order valence-corrected chi connectivity index (χ3v) is 3.33. The fourth-order valence-corrected chi connectivity index (χ4v) is 2.22. The molecule has 0 saturated carbocycles. The van der Waals surface area contributed by atoms with Crippen molar-refractivity contribution in [1.29, 1.82) is 0 Å². The molecule has 2 aromatic rings. The van der Waals surface area contributed by atoms with Crippen LogP contribution in [-0.4, -0.2) is 25.1 Å². The second-order valence-electron chi connectivity index (χ2n) is 3.45. The van der Waals surface area contributed by atoms with E-state index >= 15 is 0 Å². The van der Waals surface area contributed by atoms with Crippen molar-refractivity contribution in [2.24, 2.45) is 0 Å². The average Bonchev–Trinajstić information content (AvgIpc) is 2.84. The second kappa shape index (κ2) is 5.58. The van der Waals surface area contributed by atoms with Crippen LogP contribution in [0.1, 0.15) is 12.7 Å². The lowest BCUT2D eigenvalue weighted by molar-refractivity contribution is -0.384. The van der Waals surface area contributed by atoms with Crippen LogP contribution in [0.5, 0.6) is 0 Å². The molecule has 1 aromatic heterocycles. The number of nitrogens with zero attached hydrogens (tertiary/aromatic N) is 5. The molecule has 8 heteroatoms. The minimum absolute atomic E-state index is 0.0951. The molecule has 0 aliphatic rings. The third kappa shape index (κ3) is 2.83. The van der Waals surface area contributed by atoms with Crippen molar-refractivity contribution in [3.05, 3.63) is 40.2 Å². The van der Waals surface area contributed by atoms with Crippen LogP contribution < -0.4 is 0 Å². The molecule has 1 heterocycles. The number of tetrazole rings is 1. The van der Waals surface area contributed by atoms with Gasteiger partial charge in [-0.3, -0.25) is 10.1 Å². The topological polar surface area (TPSA) is 86.7 Å². The van der Waals surface area contributed by atoms with Gasteiger partial charge in [0, 0.05) is 23.6 Å². The first-order chi connectivity index (χ1) is 8.70. The molecule has 0 N–H and O–H groups in total. The molecule has 0 spiro atoms. The Morgan fingerprint density at radius 2 is 2.11 bits per heavy atom. The highest BCUT2D eigenvalue weighted by molar-refractivity contribution is 7.98. The van der Waals surface area contributed by atoms with E-state index in [0.29, 0.717) is 5.75 Å². The van der Waals surface area contributed by atoms with Crippen molar-refractivity contribution in [2.75, 3.05) is 0 Å². The van der Waals surface area contributed by atoms with Crippen molar-refractivity contribution in [3.63, 3.8) is 0 Å². The van der Waals surface area contributed by atoms with Crippen LogP contribution >= 0.6 is 11.8 Å². The van der Waals surface area contributed by atoms with Crippen molar-refractivity contribution >= 4 is 17.4 Å². The van der Waals surface area contributed by atoms with Crippen LogP contribution in [0.25, 0.3) is 0 Å². The number of aryl methyl sites for hydroxylation is 1. The number of rotatable bonds is 5. The minimum Gasteiger partial charge on any atom is -0.258 e. The number of nitro groups is 1. The van der Waals surface area contributed by atoms with Gasteiger partial charge in [-0.1, -0.05) is 0 Å². The third-order valence-electron chi connectivity index (χ3n) is 2.32. The molecule has 0 atom stereocenters. The van der Waals surface area contributed by atoms with Gasteiger partial charge in [-0.05, 0) is 29.5 Å². The number of hydrogen-bond acceptors (Lipinski definition) is 6. The Morgan fingerprint density at radius 1 is 1.39 bits per heavy atom. The summed E-state index contributed by atoms with van der Waals surface area (Å²) in [6.45, 7) is 2.69. The zero-order chi connectivity index (χ0) is 13.0. The number of benzene rings is 1. The molecule has 7 nitrogen and oxygen atoms in total. The van der Waals surface area contributed by atoms with Gasteiger partial charge in [-0.15, -0.1) is 16.9 Å². The summed E-state index contributed by atoms with van der Waals surface area (Å²) in [4.78, 5) is 11.0. The maximum Gasteiger partial charge on any atom is 0.269 e. The van der Waals surface area contributed by atoms with Crippen LogP contribution in [0.2, 0.25) is 0 Å². The molecule has 1 aromatic carbocycles. The molecule has 2 rings (SSSR count). The maximum atomic E-state index is 10.5. The summed E-state index contributed by atoms with van der Waals surface area (Å²) >= 11 is 1.54. The molecule has 0 aliphatic heterocycles. The number of thioether (sulfide) groups is 1. The lowest BCUT2D eigenvalue weighted by atomic mass is 10.3. The molecule has 0 aliphatic carbocycles. The predicted molar refractivity (Wildman–Crippen MR) is 66.1 cm³/mol. The Kier molecular flexibility index (Phi) is 3.88. The van der Waals surface area contributed by atoms with Gasteiger partial charge in [0.05, 0.1) is 10.7 Å². The molecule has 0 saturated heterocycles. The Balaban J connectivity index is 2.00. The fourth-order valence-electron chi connectivity index (χ4n) is 1.38. The summed E-state index contributed by atoms with van der Waals surface area (Å²) in [5, 5.41) is 21.9. The fraction of sp³-hybridized carbons (Fsp3) is 0.300. The molecule has 0 unspecified atom stereocenters. The van der Waals surface area contributed by atoms with E-state index in [-0.39, 0.29) is 5.69 Å². The Bertz CT molecular complexity index is 539. The van der Waals surface area contributed by atoms with E-state index in [9.17, 15) is 10.1 Å². The molecule has 0 amide bonds. The standard InChI is InChI=1S/C10H11N5O2S/c1-2-14-10(11-12-13-14)7-18-9-5-3-8(4-6-9)15(16)17/h3-6H,2,7H2,1H3. The van der Waals surface area contributed by atoms with Crippen LogP contribution in [-0.2, 0) is 12.3 Å². The van der Waals surface area contributed by atoms with E-state index < -0.39 is 4.92 Å². The van der Waals surface area contributed by atoms with Crippen LogP contribution in [0.3, 0.4) is 0 Å². The van der Waals surface area contributed by atoms with E-state index in [1.165, 1.54) is 12.1 Å². The Hall–Kier alpha value is -1.96. The van der Waals surface area contributed by atoms with Gasteiger partial charge in [0.1, 0.15) is 0 Å². The highest BCUT2D eigenvalue weighted by Crippen LogP contribution is 2.23. The molecule has 94 valence electrons. The number of non-ortho nitro benzene ring substituents is 1. The lowest BCUT2D eigenvalue weighted by Gasteiger charge is -2.01. The molecule has 18 heavy (non-hydrogen) atoms. The second-order valence-corrected chi connectivity index (χ2v) is 4.50. The van der Waals surface area contributed by atoms with Crippen LogP contribution in [0.15, 0.2) is 29.2 Å². The molecule has 0 bridgehead atoms. The largest absolute Gasteiger partial charge is 0.269 e. The molecule has 0 fully saturated rings. The van der Waals surface area contributed by atoms with Crippen LogP contribution in [0, 0.1) is 10.1 Å². The van der Waals surface area contributed by atoms with E-state index in [1.807, 2.05) is 6.92 Å². The predicted octanol–water partition coefficient (Wildman–Crippen LogP) is 1.89. The highest BCUT2D eigenvalue weighted by Gasteiger charge is 2.07. The number of nitro benzene ring substituents is 1. The Morgan fingerprint density at radius 3 is 2.72 bits per heavy atom. The normalized spacial score (nSPS) is 10.5. The number of aromatic nitrogens is 4. The summed E-state index contributed by atoms with van der Waals surface area (Å²) < 4.78 is 1.72. The summed E-state index contributed by atoms with van der Waals surface area (Å²) in [6, 6.07) is 6.43. The van der Waals surface area contributed by atoms with Gasteiger partial charge in [0.25, 0.3) is 5.69 Å². The van der Waals surface area contributed by atoms with Gasteiger partial charge < -0.3 is 0 Å². The zero-order valence-corrected chi connectivity index (χ0v) is 10.5. The first-order valence-corrected chi connectivity index (χ1v) is 6.31. The molecule has 0 radical (unpaired) electrons. The van der Waals surface area contributed by atoms with Crippen LogP contribution in [0.4, 0.5) is 5.69 Å². The molecular weight excluding hydrogens is 254 g/mol. The van der Waals surface area contributed by atoms with Crippen molar-refractivity contribution in [2.45, 2.75) is 24.1 Å². The van der Waals surface area contributed by atoms with E-state index in [0.717, 1.165) is 17.3 Å². The zero-order valence-electron chi connectivity index (χ0n) is 9.68. The lowest BCUT2D eigenvalue weighted by Crippen LogP contribution is -2.02. The van der Waals surface area contributed by atoms with Gasteiger partial charge in [0.2, 0.25) is 0 Å².